The van der Waals surface area contributed by atoms with E-state index in [1.54, 1.807) is 0 Å². The van der Waals surface area contributed by atoms with E-state index in [9.17, 15) is 4.55 Å². The van der Waals surface area contributed by atoms with E-state index in [0.29, 0.717) is 0 Å². The van der Waals surface area contributed by atoms with Crippen LogP contribution in [0.4, 0.5) is 5.69 Å². The molecule has 1 N–H and O–H groups in total. The fraction of sp³-hybridized carbons (Fsp3) is 0.467. The Labute approximate surface area is 130 Å². The van der Waals surface area contributed by atoms with E-state index in [1.807, 2.05) is 52.8 Å². The molecule has 0 aliphatic carbocycles. The van der Waals surface area contributed by atoms with Crippen molar-refractivity contribution in [2.24, 2.45) is 0 Å². The number of rotatable bonds is 4. The lowest BCUT2D eigenvalue weighted by molar-refractivity contribution is 0.00578. The molecule has 114 valence electrons. The van der Waals surface area contributed by atoms with Gasteiger partial charge in [-0.3, -0.25) is 0 Å². The fourth-order valence-electron chi connectivity index (χ4n) is 2.14. The summed E-state index contributed by atoms with van der Waals surface area (Å²) in [5.41, 5.74) is 1.95. The monoisotopic (exact) mass is 307 g/mol. The Hall–Kier alpha value is -0.945. The van der Waals surface area contributed by atoms with Crippen LogP contribution in [0.3, 0.4) is 0 Å². The summed E-state index contributed by atoms with van der Waals surface area (Å²) >= 11 is -1.30. The molecule has 1 heterocycles. The van der Waals surface area contributed by atoms with Crippen LogP contribution in [0.25, 0.3) is 0 Å². The summed E-state index contributed by atoms with van der Waals surface area (Å²) < 4.78 is 26.6. The summed E-state index contributed by atoms with van der Waals surface area (Å²) in [6.45, 7) is 13.6. The molecule has 1 aromatic rings. The Balaban J connectivity index is 2.30. The topological polar surface area (TPSA) is 53.5 Å². The first-order valence-corrected chi connectivity index (χ1v) is 8.14. The lowest BCUT2D eigenvalue weighted by Gasteiger charge is -2.32. The Bertz CT molecular complexity index is 532. The van der Waals surface area contributed by atoms with Crippen LogP contribution in [0, 0.1) is 6.92 Å². The molecule has 0 amide bonds. The van der Waals surface area contributed by atoms with Crippen LogP contribution in [0.2, 0.25) is 0 Å². The number of nitrogens with one attached hydrogen (secondary N) is 1. The Morgan fingerprint density at radius 2 is 1.81 bits per heavy atom. The fourth-order valence-corrected chi connectivity index (χ4v) is 2.66. The minimum atomic E-state index is -1.30. The molecule has 0 aromatic heterocycles. The van der Waals surface area contributed by atoms with E-state index >= 15 is 0 Å². The second kappa shape index (κ2) is 5.68. The highest BCUT2D eigenvalue weighted by Gasteiger charge is 2.52. The van der Waals surface area contributed by atoms with E-state index in [0.717, 1.165) is 16.7 Å². The van der Waals surface area contributed by atoms with Gasteiger partial charge in [0.25, 0.3) is 0 Å². The van der Waals surface area contributed by atoms with E-state index in [1.165, 1.54) is 5.41 Å². The van der Waals surface area contributed by atoms with E-state index in [-0.39, 0.29) is 11.2 Å². The van der Waals surface area contributed by atoms with Gasteiger partial charge in [-0.2, -0.15) is 0 Å². The predicted molar refractivity (Wildman–Crippen MR) is 88.9 cm³/mol. The average molecular weight is 307 g/mol. The molecule has 2 rings (SSSR count). The van der Waals surface area contributed by atoms with Crippen LogP contribution < -0.4 is 10.2 Å². The van der Waals surface area contributed by atoms with E-state index in [2.05, 4.69) is 11.3 Å². The minimum Gasteiger partial charge on any atom is -0.588 e. The normalized spacial score (nSPS) is 21.1. The molecule has 0 saturated carbocycles. The SMILES string of the molecule is C=C[S+]([O-])Nc1cccc(B2OC(C)(C)C(C)(C)O2)c1C. The standard InChI is InChI=1S/C15H22BNO3S/c1-7-21(18)17-13-10-8-9-12(11(13)2)16-19-14(3,4)15(5,6)20-16/h7-10,17H,1H2,2-6H3. The summed E-state index contributed by atoms with van der Waals surface area (Å²) in [6.07, 6.45) is 0. The first kappa shape index (κ1) is 16.4. The average Bonchev–Trinajstić information content (AvgIpc) is 2.60. The van der Waals surface area contributed by atoms with Crippen molar-refractivity contribution >= 4 is 29.6 Å². The van der Waals surface area contributed by atoms with Crippen LogP contribution in [-0.2, 0) is 20.7 Å². The maximum absolute atomic E-state index is 11.6. The summed E-state index contributed by atoms with van der Waals surface area (Å²) in [5, 5.41) is 1.36. The molecular formula is C15H22BNO3S. The van der Waals surface area contributed by atoms with Gasteiger partial charge < -0.3 is 13.9 Å². The van der Waals surface area contributed by atoms with Crippen molar-refractivity contribution in [1.29, 1.82) is 0 Å². The first-order chi connectivity index (χ1) is 9.68. The molecule has 1 aliphatic rings. The summed E-state index contributed by atoms with van der Waals surface area (Å²) in [5.74, 6) is 0. The number of hydrogen-bond donors (Lipinski definition) is 1. The molecule has 1 fully saturated rings. The van der Waals surface area contributed by atoms with Gasteiger partial charge in [0.1, 0.15) is 5.41 Å². The lowest BCUT2D eigenvalue weighted by atomic mass is 9.76. The van der Waals surface area contributed by atoms with Gasteiger partial charge in [0, 0.05) is 0 Å². The Morgan fingerprint density at radius 3 is 2.33 bits per heavy atom. The quantitative estimate of drug-likeness (QED) is 0.686. The Kier molecular flexibility index (Phi) is 4.45. The second-order valence-corrected chi connectivity index (χ2v) is 7.31. The summed E-state index contributed by atoms with van der Waals surface area (Å²) in [7, 11) is -0.422. The third kappa shape index (κ3) is 3.13. The highest BCUT2D eigenvalue weighted by molar-refractivity contribution is 7.95. The minimum absolute atomic E-state index is 0.378. The van der Waals surface area contributed by atoms with Crippen LogP contribution >= 0.6 is 0 Å². The molecule has 0 spiro atoms. The van der Waals surface area contributed by atoms with Crippen molar-refractivity contribution in [3.63, 3.8) is 0 Å². The molecule has 1 aromatic carbocycles. The molecule has 1 atom stereocenters. The van der Waals surface area contributed by atoms with Gasteiger partial charge in [0.15, 0.2) is 0 Å². The van der Waals surface area contributed by atoms with Gasteiger partial charge >= 0.3 is 7.12 Å². The molecule has 0 bridgehead atoms. The molecular weight excluding hydrogens is 285 g/mol. The van der Waals surface area contributed by atoms with Gasteiger partial charge in [-0.25, -0.2) is 4.72 Å². The summed E-state index contributed by atoms with van der Waals surface area (Å²) in [4.78, 5) is 0. The van der Waals surface area contributed by atoms with Crippen molar-refractivity contribution in [2.45, 2.75) is 45.8 Å². The highest BCUT2D eigenvalue weighted by atomic mass is 32.2. The Morgan fingerprint density at radius 1 is 1.24 bits per heavy atom. The molecule has 21 heavy (non-hydrogen) atoms. The smallest absolute Gasteiger partial charge is 0.495 e. The number of benzene rings is 1. The van der Waals surface area contributed by atoms with E-state index in [4.69, 9.17) is 9.31 Å². The van der Waals surface area contributed by atoms with Crippen LogP contribution in [0.15, 0.2) is 30.2 Å². The molecule has 0 radical (unpaired) electrons. The molecule has 1 unspecified atom stereocenters. The molecule has 4 nitrogen and oxygen atoms in total. The van der Waals surface area contributed by atoms with Crippen LogP contribution in [-0.4, -0.2) is 22.9 Å². The van der Waals surface area contributed by atoms with Crippen LogP contribution in [0.5, 0.6) is 0 Å². The van der Waals surface area contributed by atoms with Crippen molar-refractivity contribution < 1.29 is 13.9 Å². The zero-order chi connectivity index (χ0) is 15.8. The largest absolute Gasteiger partial charge is 0.588 e. The third-order valence-electron chi connectivity index (χ3n) is 4.24. The zero-order valence-corrected chi connectivity index (χ0v) is 14.0. The highest BCUT2D eigenvalue weighted by Crippen LogP contribution is 2.37. The predicted octanol–water partition coefficient (Wildman–Crippen LogP) is 2.51. The van der Waals surface area contributed by atoms with Gasteiger partial charge in [-0.15, -0.1) is 0 Å². The maximum atomic E-state index is 11.6. The number of hydrogen-bond acceptors (Lipinski definition) is 4. The first-order valence-electron chi connectivity index (χ1n) is 6.93. The lowest BCUT2D eigenvalue weighted by Crippen LogP contribution is -2.41. The van der Waals surface area contributed by atoms with Crippen molar-refractivity contribution in [1.82, 2.24) is 0 Å². The maximum Gasteiger partial charge on any atom is 0.495 e. The van der Waals surface area contributed by atoms with E-state index < -0.39 is 18.5 Å². The van der Waals surface area contributed by atoms with Gasteiger partial charge in [-0.1, -0.05) is 12.1 Å². The van der Waals surface area contributed by atoms with Gasteiger partial charge in [-0.05, 0) is 58.3 Å². The zero-order valence-electron chi connectivity index (χ0n) is 13.2. The summed E-state index contributed by atoms with van der Waals surface area (Å²) in [6, 6.07) is 5.75. The van der Waals surface area contributed by atoms with Crippen molar-refractivity contribution in [3.8, 4) is 0 Å². The number of anilines is 1. The molecule has 1 aliphatic heterocycles. The second-order valence-electron chi connectivity index (χ2n) is 6.17. The third-order valence-corrected chi connectivity index (χ3v) is 4.97. The molecule has 1 saturated heterocycles. The van der Waals surface area contributed by atoms with Gasteiger partial charge in [0.2, 0.25) is 0 Å². The van der Waals surface area contributed by atoms with Crippen molar-refractivity contribution in [2.75, 3.05) is 4.72 Å². The van der Waals surface area contributed by atoms with Crippen LogP contribution in [0.1, 0.15) is 33.3 Å². The van der Waals surface area contributed by atoms with Gasteiger partial charge in [0.05, 0.1) is 28.3 Å². The van der Waals surface area contributed by atoms with Crippen molar-refractivity contribution in [3.05, 3.63) is 35.7 Å². The molecule has 6 heteroatoms.